The van der Waals surface area contributed by atoms with Gasteiger partial charge in [-0.15, -0.1) is 0 Å². The average Bonchev–Trinajstić information content (AvgIpc) is 2.44. The van der Waals surface area contributed by atoms with Gasteiger partial charge < -0.3 is 10.5 Å². The van der Waals surface area contributed by atoms with Gasteiger partial charge in [-0.3, -0.25) is 0 Å². The Balaban J connectivity index is 2.09. The number of ether oxygens (including phenoxy) is 1. The lowest BCUT2D eigenvalue weighted by Crippen LogP contribution is -2.38. The Morgan fingerprint density at radius 1 is 1.35 bits per heavy atom. The van der Waals surface area contributed by atoms with Gasteiger partial charge in [0.2, 0.25) is 0 Å². The van der Waals surface area contributed by atoms with Crippen LogP contribution in [0.2, 0.25) is 5.02 Å². The van der Waals surface area contributed by atoms with Crippen LogP contribution in [0.3, 0.4) is 0 Å². The Kier molecular flexibility index (Phi) is 5.74. The summed E-state index contributed by atoms with van der Waals surface area (Å²) in [6.07, 6.45) is 6.32. The highest BCUT2D eigenvalue weighted by atomic mass is 35.5. The maximum absolute atomic E-state index is 6.25. The summed E-state index contributed by atoms with van der Waals surface area (Å²) in [5.74, 6) is 2.04. The zero-order valence-electron chi connectivity index (χ0n) is 12.6. The zero-order chi connectivity index (χ0) is 14.5. The predicted molar refractivity (Wildman–Crippen MR) is 85.4 cm³/mol. The lowest BCUT2D eigenvalue weighted by molar-refractivity contribution is 0.0669. The molecule has 2 rings (SSSR count). The number of halogens is 1. The van der Waals surface area contributed by atoms with Crippen LogP contribution in [-0.2, 0) is 0 Å². The van der Waals surface area contributed by atoms with E-state index in [9.17, 15) is 0 Å². The third-order valence-electron chi connectivity index (χ3n) is 4.40. The van der Waals surface area contributed by atoms with Crippen LogP contribution in [-0.4, -0.2) is 12.6 Å². The molecule has 1 aromatic rings. The molecule has 0 bridgehead atoms. The standard InChI is InChI=1S/C17H26ClNO/c1-3-4-13-6-7-14(11-19)16(10-13)20-17-9-12(2)5-8-15(17)18/h5,8-9,13-14,16H,3-4,6-7,10-11,19H2,1-2H3. The molecule has 112 valence electrons. The van der Waals surface area contributed by atoms with Crippen LogP contribution in [0.5, 0.6) is 5.75 Å². The maximum atomic E-state index is 6.25. The third-order valence-corrected chi connectivity index (χ3v) is 4.71. The first-order valence-electron chi connectivity index (χ1n) is 7.77. The highest BCUT2D eigenvalue weighted by molar-refractivity contribution is 6.32. The molecule has 1 saturated carbocycles. The Morgan fingerprint density at radius 2 is 2.15 bits per heavy atom. The normalized spacial score (nSPS) is 26.5. The number of hydrogen-bond acceptors (Lipinski definition) is 2. The van der Waals surface area contributed by atoms with Gasteiger partial charge in [-0.1, -0.05) is 37.4 Å². The van der Waals surface area contributed by atoms with Crippen LogP contribution >= 0.6 is 11.6 Å². The van der Waals surface area contributed by atoms with Gasteiger partial charge in [0.1, 0.15) is 11.9 Å². The topological polar surface area (TPSA) is 35.2 Å². The maximum Gasteiger partial charge on any atom is 0.138 e. The van der Waals surface area contributed by atoms with Crippen LogP contribution in [0.25, 0.3) is 0 Å². The van der Waals surface area contributed by atoms with Gasteiger partial charge in [0.05, 0.1) is 5.02 Å². The first-order chi connectivity index (χ1) is 9.63. The van der Waals surface area contributed by atoms with Crippen LogP contribution < -0.4 is 10.5 Å². The van der Waals surface area contributed by atoms with E-state index in [0.717, 1.165) is 18.1 Å². The number of aryl methyl sites for hydroxylation is 1. The van der Waals surface area contributed by atoms with E-state index in [0.29, 0.717) is 17.5 Å². The van der Waals surface area contributed by atoms with Gasteiger partial charge in [-0.2, -0.15) is 0 Å². The van der Waals surface area contributed by atoms with Gasteiger partial charge in [-0.05, 0) is 56.3 Å². The van der Waals surface area contributed by atoms with E-state index >= 15 is 0 Å². The summed E-state index contributed by atoms with van der Waals surface area (Å²) >= 11 is 6.25. The van der Waals surface area contributed by atoms with Gasteiger partial charge in [0.15, 0.2) is 0 Å². The highest BCUT2D eigenvalue weighted by Gasteiger charge is 2.31. The van der Waals surface area contributed by atoms with Gasteiger partial charge in [0, 0.05) is 5.92 Å². The average molecular weight is 296 g/mol. The van der Waals surface area contributed by atoms with Crippen molar-refractivity contribution in [1.29, 1.82) is 0 Å². The minimum absolute atomic E-state index is 0.213. The molecule has 2 N–H and O–H groups in total. The van der Waals surface area contributed by atoms with Crippen molar-refractivity contribution in [3.63, 3.8) is 0 Å². The molecule has 20 heavy (non-hydrogen) atoms. The molecule has 0 heterocycles. The van der Waals surface area contributed by atoms with Gasteiger partial charge >= 0.3 is 0 Å². The van der Waals surface area contributed by atoms with E-state index in [1.54, 1.807) is 0 Å². The first-order valence-corrected chi connectivity index (χ1v) is 8.14. The predicted octanol–water partition coefficient (Wildman–Crippen LogP) is 4.57. The highest BCUT2D eigenvalue weighted by Crippen LogP contribution is 2.36. The van der Waals surface area contributed by atoms with Crippen molar-refractivity contribution in [2.45, 2.75) is 52.1 Å². The molecule has 3 heteroatoms. The van der Waals surface area contributed by atoms with Crippen molar-refractivity contribution in [2.75, 3.05) is 6.54 Å². The van der Waals surface area contributed by atoms with Gasteiger partial charge in [-0.25, -0.2) is 0 Å². The molecule has 0 radical (unpaired) electrons. The molecule has 1 aliphatic carbocycles. The summed E-state index contributed by atoms with van der Waals surface area (Å²) in [7, 11) is 0. The fraction of sp³-hybridized carbons (Fsp3) is 0.647. The van der Waals surface area contributed by atoms with Crippen LogP contribution in [0.4, 0.5) is 0 Å². The molecule has 0 amide bonds. The minimum Gasteiger partial charge on any atom is -0.489 e. The lowest BCUT2D eigenvalue weighted by atomic mass is 9.78. The Morgan fingerprint density at radius 3 is 2.85 bits per heavy atom. The largest absolute Gasteiger partial charge is 0.489 e. The monoisotopic (exact) mass is 295 g/mol. The molecule has 2 nitrogen and oxygen atoms in total. The fourth-order valence-electron chi connectivity index (χ4n) is 3.22. The molecule has 0 aliphatic heterocycles. The van der Waals surface area contributed by atoms with Crippen molar-refractivity contribution >= 4 is 11.6 Å². The van der Waals surface area contributed by atoms with Crippen molar-refractivity contribution in [3.8, 4) is 5.75 Å². The van der Waals surface area contributed by atoms with Crippen LogP contribution in [0.1, 0.15) is 44.6 Å². The summed E-state index contributed by atoms with van der Waals surface area (Å²) < 4.78 is 6.24. The van der Waals surface area contributed by atoms with E-state index in [-0.39, 0.29) is 6.10 Å². The van der Waals surface area contributed by atoms with E-state index in [2.05, 4.69) is 13.8 Å². The quantitative estimate of drug-likeness (QED) is 0.863. The van der Waals surface area contributed by atoms with Gasteiger partial charge in [0.25, 0.3) is 0 Å². The lowest BCUT2D eigenvalue weighted by Gasteiger charge is -2.36. The van der Waals surface area contributed by atoms with Crippen molar-refractivity contribution in [1.82, 2.24) is 0 Å². The molecule has 3 atom stereocenters. The molecule has 0 aromatic heterocycles. The Hall–Kier alpha value is -0.730. The molecular formula is C17H26ClNO. The molecule has 1 aliphatic rings. The second-order valence-corrected chi connectivity index (χ2v) is 6.46. The molecule has 1 aromatic carbocycles. The number of hydrogen-bond donors (Lipinski definition) is 1. The molecule has 0 spiro atoms. The Bertz CT molecular complexity index is 435. The van der Waals surface area contributed by atoms with E-state index in [1.807, 2.05) is 18.2 Å². The minimum atomic E-state index is 0.213. The number of nitrogens with two attached hydrogens (primary N) is 1. The summed E-state index contributed by atoms with van der Waals surface area (Å²) in [4.78, 5) is 0. The second-order valence-electron chi connectivity index (χ2n) is 6.05. The smallest absolute Gasteiger partial charge is 0.138 e. The van der Waals surface area contributed by atoms with E-state index < -0.39 is 0 Å². The first kappa shape index (κ1) is 15.7. The Labute approximate surface area is 127 Å². The third kappa shape index (κ3) is 3.89. The summed E-state index contributed by atoms with van der Waals surface area (Å²) in [5.41, 5.74) is 7.10. The van der Waals surface area contributed by atoms with Crippen molar-refractivity contribution in [2.24, 2.45) is 17.6 Å². The summed E-state index contributed by atoms with van der Waals surface area (Å²) in [5, 5.41) is 0.698. The van der Waals surface area contributed by atoms with Crippen LogP contribution in [0, 0.1) is 18.8 Å². The zero-order valence-corrected chi connectivity index (χ0v) is 13.3. The SMILES string of the molecule is CCCC1CCC(CN)C(Oc2cc(C)ccc2Cl)C1. The summed E-state index contributed by atoms with van der Waals surface area (Å²) in [6.45, 7) is 5.01. The molecule has 1 fully saturated rings. The van der Waals surface area contributed by atoms with Crippen molar-refractivity contribution in [3.05, 3.63) is 28.8 Å². The number of rotatable bonds is 5. The van der Waals surface area contributed by atoms with Crippen LogP contribution in [0.15, 0.2) is 18.2 Å². The molecule has 0 saturated heterocycles. The molecular weight excluding hydrogens is 270 g/mol. The fourth-order valence-corrected chi connectivity index (χ4v) is 3.38. The molecule has 3 unspecified atom stereocenters. The summed E-state index contributed by atoms with van der Waals surface area (Å²) in [6, 6.07) is 5.95. The second kappa shape index (κ2) is 7.33. The van der Waals surface area contributed by atoms with E-state index in [4.69, 9.17) is 22.1 Å². The number of benzene rings is 1. The van der Waals surface area contributed by atoms with E-state index in [1.165, 1.54) is 31.2 Å². The van der Waals surface area contributed by atoms with Crippen molar-refractivity contribution < 1.29 is 4.74 Å².